The quantitative estimate of drug-likeness (QED) is 0.422. The first-order valence-corrected chi connectivity index (χ1v) is 11.8. The van der Waals surface area contributed by atoms with E-state index in [1.54, 1.807) is 18.2 Å². The Kier molecular flexibility index (Phi) is 8.12. The number of benzene rings is 2. The molecule has 2 aromatic rings. The van der Waals surface area contributed by atoms with Crippen LogP contribution < -0.4 is 15.5 Å². The van der Waals surface area contributed by atoms with E-state index < -0.39 is 0 Å². The number of halogens is 2. The van der Waals surface area contributed by atoms with Gasteiger partial charge in [-0.2, -0.15) is 0 Å². The van der Waals surface area contributed by atoms with Crippen molar-refractivity contribution in [1.29, 1.82) is 0 Å². The maximum absolute atomic E-state index is 12.3. The fourth-order valence-electron chi connectivity index (χ4n) is 3.31. The largest absolute Gasteiger partial charge is 0.367 e. The molecule has 164 valence electrons. The van der Waals surface area contributed by atoms with Crippen molar-refractivity contribution in [1.82, 2.24) is 10.2 Å². The highest BCUT2D eigenvalue weighted by molar-refractivity contribution is 14.1. The third-order valence-electron chi connectivity index (χ3n) is 4.96. The molecule has 1 aliphatic heterocycles. The molecule has 2 aromatic carbocycles. The Morgan fingerprint density at radius 3 is 2.29 bits per heavy atom. The van der Waals surface area contributed by atoms with E-state index in [1.807, 2.05) is 43.0 Å². The molecule has 1 heterocycles. The summed E-state index contributed by atoms with van der Waals surface area (Å²) in [5.74, 6) is -0.0769. The molecule has 0 unspecified atom stereocenters. The lowest BCUT2D eigenvalue weighted by Crippen LogP contribution is -2.50. The molecule has 0 radical (unpaired) electrons. The van der Waals surface area contributed by atoms with Crippen LogP contribution in [0.15, 0.2) is 42.5 Å². The smallest absolute Gasteiger partial charge is 0.257 e. The van der Waals surface area contributed by atoms with Crippen LogP contribution >= 0.6 is 46.4 Å². The van der Waals surface area contributed by atoms with Crippen LogP contribution in [0.4, 0.5) is 11.4 Å². The summed E-state index contributed by atoms with van der Waals surface area (Å²) in [6.45, 7) is 6.67. The number of hydrogen-bond acceptors (Lipinski definition) is 4. The summed E-state index contributed by atoms with van der Waals surface area (Å²) >= 11 is 14.0. The number of amides is 2. The second-order valence-corrected chi connectivity index (χ2v) is 9.61. The summed E-state index contributed by atoms with van der Waals surface area (Å²) in [4.78, 5) is 28.5. The summed E-state index contributed by atoms with van der Waals surface area (Å²) in [7, 11) is 0. The first kappa shape index (κ1) is 23.7. The molecule has 9 heteroatoms. The van der Waals surface area contributed by atoms with Crippen molar-refractivity contribution in [2.75, 3.05) is 36.4 Å². The van der Waals surface area contributed by atoms with Crippen molar-refractivity contribution in [3.63, 3.8) is 0 Å². The minimum Gasteiger partial charge on any atom is -0.367 e. The topological polar surface area (TPSA) is 64.7 Å². The molecule has 0 aromatic heterocycles. The maximum atomic E-state index is 12.3. The van der Waals surface area contributed by atoms with Crippen molar-refractivity contribution in [3.8, 4) is 0 Å². The summed E-state index contributed by atoms with van der Waals surface area (Å²) in [5.41, 5.74) is 2.14. The second kappa shape index (κ2) is 10.6. The van der Waals surface area contributed by atoms with Crippen molar-refractivity contribution in [2.24, 2.45) is 5.92 Å². The van der Waals surface area contributed by atoms with Gasteiger partial charge in [0.2, 0.25) is 5.91 Å². The molecular weight excluding hydrogens is 547 g/mol. The molecular formula is C22H24ClIN4O2S. The van der Waals surface area contributed by atoms with Crippen molar-refractivity contribution >= 4 is 74.7 Å². The van der Waals surface area contributed by atoms with Crippen molar-refractivity contribution in [3.05, 3.63) is 56.6 Å². The lowest BCUT2D eigenvalue weighted by Gasteiger charge is -2.37. The molecule has 0 bridgehead atoms. The summed E-state index contributed by atoms with van der Waals surface area (Å²) in [5, 5.41) is 6.46. The van der Waals surface area contributed by atoms with Crippen LogP contribution in [-0.2, 0) is 4.79 Å². The Hall–Kier alpha value is -1.91. The summed E-state index contributed by atoms with van der Waals surface area (Å²) < 4.78 is 1.05. The van der Waals surface area contributed by atoms with Crippen LogP contribution in [0.3, 0.4) is 0 Å². The zero-order valence-electron chi connectivity index (χ0n) is 17.3. The lowest BCUT2D eigenvalue weighted by molar-refractivity contribution is -0.134. The fourth-order valence-corrected chi connectivity index (χ4v) is 4.18. The zero-order chi connectivity index (χ0) is 22.5. The van der Waals surface area contributed by atoms with Crippen LogP contribution in [0.1, 0.15) is 24.2 Å². The molecule has 31 heavy (non-hydrogen) atoms. The van der Waals surface area contributed by atoms with Gasteiger partial charge >= 0.3 is 0 Å². The number of anilines is 2. The van der Waals surface area contributed by atoms with Crippen LogP contribution in [0.25, 0.3) is 0 Å². The number of rotatable bonds is 4. The average Bonchev–Trinajstić information content (AvgIpc) is 2.73. The van der Waals surface area contributed by atoms with Gasteiger partial charge < -0.3 is 15.1 Å². The number of carbonyl (C=O) groups excluding carboxylic acids is 2. The molecule has 2 amide bonds. The molecule has 0 saturated carbocycles. The van der Waals surface area contributed by atoms with E-state index in [9.17, 15) is 9.59 Å². The third kappa shape index (κ3) is 6.30. The van der Waals surface area contributed by atoms with Crippen molar-refractivity contribution < 1.29 is 9.59 Å². The first-order valence-electron chi connectivity index (χ1n) is 9.96. The van der Waals surface area contributed by atoms with Crippen LogP contribution in [-0.4, -0.2) is 48.0 Å². The van der Waals surface area contributed by atoms with E-state index in [4.69, 9.17) is 23.8 Å². The predicted octanol–water partition coefficient (Wildman–Crippen LogP) is 4.38. The zero-order valence-corrected chi connectivity index (χ0v) is 21.1. The molecule has 0 aliphatic carbocycles. The van der Waals surface area contributed by atoms with Gasteiger partial charge in [0.15, 0.2) is 5.11 Å². The van der Waals surface area contributed by atoms with Crippen LogP contribution in [0, 0.1) is 9.49 Å². The van der Waals surface area contributed by atoms with Gasteiger partial charge in [0.05, 0.1) is 10.7 Å². The van der Waals surface area contributed by atoms with Gasteiger partial charge in [-0.1, -0.05) is 25.4 Å². The van der Waals surface area contributed by atoms with E-state index >= 15 is 0 Å². The first-order chi connectivity index (χ1) is 14.7. The Morgan fingerprint density at radius 2 is 1.71 bits per heavy atom. The Balaban J connectivity index is 1.57. The summed E-state index contributed by atoms with van der Waals surface area (Å²) in [6.07, 6.45) is 0. The number of nitrogens with zero attached hydrogens (tertiary/aromatic N) is 2. The average molecular weight is 571 g/mol. The van der Waals surface area contributed by atoms with Crippen LogP contribution in [0.2, 0.25) is 5.02 Å². The van der Waals surface area contributed by atoms with E-state index in [0.717, 1.165) is 22.3 Å². The molecule has 6 nitrogen and oxygen atoms in total. The highest BCUT2D eigenvalue weighted by Crippen LogP contribution is 2.30. The number of piperazine rings is 1. The molecule has 3 rings (SSSR count). The highest BCUT2D eigenvalue weighted by Gasteiger charge is 2.24. The summed E-state index contributed by atoms with van der Waals surface area (Å²) in [6, 6.07) is 12.8. The van der Waals surface area contributed by atoms with E-state index in [-0.39, 0.29) is 22.8 Å². The van der Waals surface area contributed by atoms with Crippen LogP contribution in [0.5, 0.6) is 0 Å². The Labute approximate surface area is 206 Å². The van der Waals surface area contributed by atoms with Gasteiger partial charge in [0.1, 0.15) is 0 Å². The molecule has 2 N–H and O–H groups in total. The van der Waals surface area contributed by atoms with Gasteiger partial charge in [0, 0.05) is 46.9 Å². The number of nitrogens with one attached hydrogen (secondary N) is 2. The minimum atomic E-state index is -0.273. The third-order valence-corrected chi connectivity index (χ3v) is 6.19. The molecule has 1 saturated heterocycles. The van der Waals surface area contributed by atoms with E-state index in [1.165, 1.54) is 0 Å². The van der Waals surface area contributed by atoms with Gasteiger partial charge in [-0.15, -0.1) is 0 Å². The van der Waals surface area contributed by atoms with Gasteiger partial charge in [0.25, 0.3) is 5.91 Å². The normalized spacial score (nSPS) is 13.8. The predicted molar refractivity (Wildman–Crippen MR) is 138 cm³/mol. The van der Waals surface area contributed by atoms with Gasteiger partial charge in [-0.05, 0) is 77.3 Å². The lowest BCUT2D eigenvalue weighted by atomic mass is 10.1. The monoisotopic (exact) mass is 570 g/mol. The Bertz CT molecular complexity index is 976. The number of carbonyl (C=O) groups is 2. The SMILES string of the molecule is CC(C)C(=O)N1CCN(c2ccc(NC(=S)NC(=O)c3ccc(I)cc3)cc2Cl)CC1. The molecule has 0 atom stereocenters. The molecule has 1 aliphatic rings. The van der Waals surface area contributed by atoms with E-state index in [2.05, 4.69) is 38.1 Å². The van der Waals surface area contributed by atoms with Gasteiger partial charge in [-0.25, -0.2) is 0 Å². The number of hydrogen-bond donors (Lipinski definition) is 2. The van der Waals surface area contributed by atoms with E-state index in [0.29, 0.717) is 29.4 Å². The maximum Gasteiger partial charge on any atom is 0.257 e. The van der Waals surface area contributed by atoms with Crippen molar-refractivity contribution in [2.45, 2.75) is 13.8 Å². The molecule has 0 spiro atoms. The minimum absolute atomic E-state index is 0.00970. The highest BCUT2D eigenvalue weighted by atomic mass is 127. The van der Waals surface area contributed by atoms with Gasteiger partial charge in [-0.3, -0.25) is 14.9 Å². The Morgan fingerprint density at radius 1 is 1.06 bits per heavy atom. The standard InChI is InChI=1S/C22H24ClIN4O2S/c1-14(2)21(30)28-11-9-27(10-12-28)19-8-7-17(13-18(19)23)25-22(31)26-20(29)15-3-5-16(24)6-4-15/h3-8,13-14H,9-12H2,1-2H3,(H2,25,26,29,31). The fraction of sp³-hybridized carbons (Fsp3) is 0.318. The molecule has 1 fully saturated rings. The number of thiocarbonyl (C=S) groups is 1. The second-order valence-electron chi connectivity index (χ2n) is 7.55.